The van der Waals surface area contributed by atoms with Crippen molar-refractivity contribution < 1.29 is 32.6 Å². The van der Waals surface area contributed by atoms with Crippen LogP contribution >= 0.6 is 23.2 Å². The van der Waals surface area contributed by atoms with Crippen LogP contribution in [-0.2, 0) is 21.4 Å². The lowest BCUT2D eigenvalue weighted by atomic mass is 10.2. The van der Waals surface area contributed by atoms with Gasteiger partial charge in [-0.25, -0.2) is 27.5 Å². The SMILES string of the molecule is O=C(Nc1cc(Cl)ccc1C(=O)O)NS(=O)(=O)c1ccc(Cl)c(NC(=O)OCc2ccccc2)c1. The molecule has 0 aromatic heterocycles. The van der Waals surface area contributed by atoms with Crippen LogP contribution in [0.15, 0.2) is 71.6 Å². The van der Waals surface area contributed by atoms with Crippen LogP contribution in [0.4, 0.5) is 21.0 Å². The molecular weight excluding hydrogens is 521 g/mol. The molecule has 3 aromatic carbocycles. The second kappa shape index (κ2) is 11.1. The van der Waals surface area contributed by atoms with Crippen molar-refractivity contribution in [3.05, 3.63) is 87.9 Å². The van der Waals surface area contributed by atoms with Crippen LogP contribution in [0.25, 0.3) is 0 Å². The molecule has 0 spiro atoms. The van der Waals surface area contributed by atoms with Crippen molar-refractivity contribution in [2.24, 2.45) is 0 Å². The highest BCUT2D eigenvalue weighted by Gasteiger charge is 2.21. The average Bonchev–Trinajstić information content (AvgIpc) is 2.79. The van der Waals surface area contributed by atoms with E-state index < -0.39 is 33.0 Å². The first-order chi connectivity index (χ1) is 16.5. The van der Waals surface area contributed by atoms with Crippen LogP contribution in [0.2, 0.25) is 10.0 Å². The van der Waals surface area contributed by atoms with Crippen molar-refractivity contribution in [3.8, 4) is 0 Å². The Morgan fingerprint density at radius 3 is 2.29 bits per heavy atom. The molecule has 0 saturated heterocycles. The van der Waals surface area contributed by atoms with E-state index in [1.54, 1.807) is 29.0 Å². The second-order valence-corrected chi connectivity index (χ2v) is 9.41. The lowest BCUT2D eigenvalue weighted by Gasteiger charge is -2.13. The van der Waals surface area contributed by atoms with E-state index in [2.05, 4.69) is 10.6 Å². The molecule has 0 aliphatic heterocycles. The van der Waals surface area contributed by atoms with E-state index in [-0.39, 0.29) is 33.6 Å². The van der Waals surface area contributed by atoms with Crippen molar-refractivity contribution in [3.63, 3.8) is 0 Å². The molecule has 35 heavy (non-hydrogen) atoms. The molecule has 3 aromatic rings. The number of hydrogen-bond acceptors (Lipinski definition) is 6. The average molecular weight is 538 g/mol. The first-order valence-electron chi connectivity index (χ1n) is 9.69. The van der Waals surface area contributed by atoms with Gasteiger partial charge in [-0.3, -0.25) is 5.32 Å². The topological polar surface area (TPSA) is 151 Å². The van der Waals surface area contributed by atoms with Crippen LogP contribution < -0.4 is 15.4 Å². The van der Waals surface area contributed by atoms with Gasteiger partial charge in [0.15, 0.2) is 0 Å². The zero-order valence-corrected chi connectivity index (χ0v) is 19.9. The molecule has 0 bridgehead atoms. The third-order valence-corrected chi connectivity index (χ3v) is 6.28. The summed E-state index contributed by atoms with van der Waals surface area (Å²) >= 11 is 11.9. The number of carbonyl (C=O) groups is 3. The number of nitrogens with one attached hydrogen (secondary N) is 3. The molecule has 0 aliphatic rings. The van der Waals surface area contributed by atoms with Gasteiger partial charge in [0.25, 0.3) is 10.0 Å². The Balaban J connectivity index is 1.70. The normalized spacial score (nSPS) is 10.8. The van der Waals surface area contributed by atoms with Gasteiger partial charge in [0.1, 0.15) is 6.61 Å². The lowest BCUT2D eigenvalue weighted by molar-refractivity contribution is 0.0698. The number of halogens is 2. The predicted octanol–water partition coefficient (Wildman–Crippen LogP) is 4.95. The Morgan fingerprint density at radius 2 is 1.60 bits per heavy atom. The van der Waals surface area contributed by atoms with Crippen molar-refractivity contribution in [1.29, 1.82) is 0 Å². The molecule has 182 valence electrons. The standard InChI is InChI=1S/C22H17Cl2N3O7S/c23-14-6-8-16(20(28)29)18(10-14)25-21(30)27-35(32,33)15-7-9-17(24)19(11-15)26-22(31)34-12-13-4-2-1-3-5-13/h1-11H,12H2,(H,26,31)(H,28,29)(H2,25,27,30). The molecule has 10 nitrogen and oxygen atoms in total. The molecule has 0 unspecified atom stereocenters. The summed E-state index contributed by atoms with van der Waals surface area (Å²) in [6.07, 6.45) is -0.877. The second-order valence-electron chi connectivity index (χ2n) is 6.88. The van der Waals surface area contributed by atoms with Gasteiger partial charge < -0.3 is 15.2 Å². The fourth-order valence-corrected chi connectivity index (χ4v) is 4.04. The van der Waals surface area contributed by atoms with Crippen molar-refractivity contribution in [2.45, 2.75) is 11.5 Å². The lowest BCUT2D eigenvalue weighted by Crippen LogP contribution is -2.34. The van der Waals surface area contributed by atoms with Gasteiger partial charge in [-0.15, -0.1) is 0 Å². The van der Waals surface area contributed by atoms with E-state index in [0.717, 1.165) is 29.8 Å². The molecule has 0 aliphatic carbocycles. The highest BCUT2D eigenvalue weighted by atomic mass is 35.5. The van der Waals surface area contributed by atoms with E-state index in [9.17, 15) is 27.9 Å². The van der Waals surface area contributed by atoms with E-state index in [1.807, 2.05) is 6.07 Å². The van der Waals surface area contributed by atoms with Crippen molar-refractivity contribution in [2.75, 3.05) is 10.6 Å². The largest absolute Gasteiger partial charge is 0.478 e. The summed E-state index contributed by atoms with van der Waals surface area (Å²) in [6, 6.07) is 14.6. The molecule has 0 fully saturated rings. The van der Waals surface area contributed by atoms with E-state index in [0.29, 0.717) is 0 Å². The molecule has 0 heterocycles. The first-order valence-corrected chi connectivity index (χ1v) is 11.9. The number of carbonyl (C=O) groups excluding carboxylic acids is 2. The van der Waals surface area contributed by atoms with E-state index >= 15 is 0 Å². The minimum Gasteiger partial charge on any atom is -0.478 e. The fraction of sp³-hybridized carbons (Fsp3) is 0.0455. The van der Waals surface area contributed by atoms with Crippen LogP contribution in [-0.4, -0.2) is 31.6 Å². The van der Waals surface area contributed by atoms with Gasteiger partial charge in [-0.2, -0.15) is 0 Å². The third kappa shape index (κ3) is 7.09. The number of hydrogen-bond donors (Lipinski definition) is 4. The Labute approximate surface area is 209 Å². The summed E-state index contributed by atoms with van der Waals surface area (Å²) in [5.41, 5.74) is 0.160. The summed E-state index contributed by atoms with van der Waals surface area (Å²) in [5.74, 6) is -1.35. The molecule has 13 heteroatoms. The minimum absolute atomic E-state index is 0.0220. The predicted molar refractivity (Wildman–Crippen MR) is 129 cm³/mol. The highest BCUT2D eigenvalue weighted by molar-refractivity contribution is 7.90. The van der Waals surface area contributed by atoms with Gasteiger partial charge in [0.05, 0.1) is 26.9 Å². The fourth-order valence-electron chi connectivity index (χ4n) is 2.77. The Hall–Kier alpha value is -3.80. The maximum Gasteiger partial charge on any atom is 0.412 e. The zero-order valence-electron chi connectivity index (χ0n) is 17.6. The van der Waals surface area contributed by atoms with Crippen molar-refractivity contribution >= 4 is 62.7 Å². The number of anilines is 2. The van der Waals surface area contributed by atoms with Gasteiger partial charge in [-0.05, 0) is 42.0 Å². The van der Waals surface area contributed by atoms with Crippen LogP contribution in [0.1, 0.15) is 15.9 Å². The summed E-state index contributed by atoms with van der Waals surface area (Å²) in [4.78, 5) is 35.3. The molecular formula is C22H17Cl2N3O7S. The Bertz CT molecular complexity index is 1380. The number of urea groups is 1. The van der Waals surface area contributed by atoms with Gasteiger partial charge in [0.2, 0.25) is 0 Å². The van der Waals surface area contributed by atoms with Crippen molar-refractivity contribution in [1.82, 2.24) is 4.72 Å². The van der Waals surface area contributed by atoms with Crippen LogP contribution in [0.3, 0.4) is 0 Å². The van der Waals surface area contributed by atoms with Gasteiger partial charge in [-0.1, -0.05) is 53.5 Å². The maximum absolute atomic E-state index is 12.7. The number of carboxylic acid groups (broad SMARTS) is 1. The maximum atomic E-state index is 12.7. The number of rotatable bonds is 7. The molecule has 0 atom stereocenters. The van der Waals surface area contributed by atoms with E-state index in [1.165, 1.54) is 12.1 Å². The number of sulfonamides is 1. The van der Waals surface area contributed by atoms with Gasteiger partial charge >= 0.3 is 18.1 Å². The number of carboxylic acids is 1. The highest BCUT2D eigenvalue weighted by Crippen LogP contribution is 2.26. The van der Waals surface area contributed by atoms with E-state index in [4.69, 9.17) is 27.9 Å². The summed E-state index contributed by atoms with van der Waals surface area (Å²) in [7, 11) is -4.45. The molecule has 0 radical (unpaired) electrons. The summed E-state index contributed by atoms with van der Waals surface area (Å²) in [6.45, 7) is -0.0220. The molecule has 3 rings (SSSR count). The smallest absolute Gasteiger partial charge is 0.412 e. The number of ether oxygens (including phenoxy) is 1. The number of amides is 3. The van der Waals surface area contributed by atoms with Crippen LogP contribution in [0, 0.1) is 0 Å². The Kier molecular flexibility index (Phi) is 8.18. The minimum atomic E-state index is -4.45. The molecule has 0 saturated carbocycles. The number of aromatic carboxylic acids is 1. The quantitative estimate of drug-likeness (QED) is 0.332. The van der Waals surface area contributed by atoms with Gasteiger partial charge in [0, 0.05) is 5.02 Å². The number of benzene rings is 3. The first kappa shape index (κ1) is 25.8. The summed E-state index contributed by atoms with van der Waals surface area (Å²) < 4.78 is 32.2. The Morgan fingerprint density at radius 1 is 0.886 bits per heavy atom. The molecule has 3 amide bonds. The third-order valence-electron chi connectivity index (χ3n) is 4.38. The molecule has 4 N–H and O–H groups in total. The monoisotopic (exact) mass is 537 g/mol. The summed E-state index contributed by atoms with van der Waals surface area (Å²) in [5, 5.41) is 13.9. The zero-order chi connectivity index (χ0) is 25.6. The van der Waals surface area contributed by atoms with Crippen LogP contribution in [0.5, 0.6) is 0 Å².